The third-order valence-corrected chi connectivity index (χ3v) is 5.83. The molecule has 4 N–H and O–H groups in total. The lowest BCUT2D eigenvalue weighted by Crippen LogP contribution is -2.45. The van der Waals surface area contributed by atoms with Crippen LogP contribution < -0.4 is 0 Å². The molecule has 0 aromatic heterocycles. The summed E-state index contributed by atoms with van der Waals surface area (Å²) in [5.41, 5.74) is -0.754. The van der Waals surface area contributed by atoms with Crippen LogP contribution in [0.5, 0.6) is 0 Å². The highest BCUT2D eigenvalue weighted by Gasteiger charge is 2.44. The Morgan fingerprint density at radius 1 is 0.821 bits per heavy atom. The van der Waals surface area contributed by atoms with E-state index < -0.39 is 17.7 Å². The first-order valence-electron chi connectivity index (χ1n) is 10.3. The second-order valence-electron chi connectivity index (χ2n) is 8.08. The van der Waals surface area contributed by atoms with Gasteiger partial charge in [-0.25, -0.2) is 0 Å². The SMILES string of the molecule is OCC1CCC(CO)(COCC2CCCC(OC3(CO)CCC(CO)O3)O2)O1. The first-order valence-corrected chi connectivity index (χ1v) is 10.3. The van der Waals surface area contributed by atoms with Gasteiger partial charge >= 0.3 is 0 Å². The standard InChI is InChI=1S/C19H34O9/c20-8-14-4-6-18(11-22,26-14)13-24-10-16-2-1-3-17(25-16)28-19(12-23)7-5-15(9-21)27-19/h14-17,20-23H,1-13H2. The first kappa shape index (κ1) is 22.3. The Hall–Kier alpha value is -0.360. The van der Waals surface area contributed by atoms with Crippen LogP contribution in [0.1, 0.15) is 44.9 Å². The fourth-order valence-corrected chi connectivity index (χ4v) is 4.15. The molecule has 9 heteroatoms. The molecule has 3 saturated heterocycles. The molecule has 3 heterocycles. The average molecular weight is 406 g/mol. The molecule has 3 aliphatic heterocycles. The van der Waals surface area contributed by atoms with Crippen molar-refractivity contribution in [3.05, 3.63) is 0 Å². The van der Waals surface area contributed by atoms with Gasteiger partial charge in [-0.3, -0.25) is 0 Å². The first-order chi connectivity index (χ1) is 13.6. The Morgan fingerprint density at radius 3 is 2.21 bits per heavy atom. The molecular formula is C19H34O9. The minimum absolute atomic E-state index is 0.0572. The van der Waals surface area contributed by atoms with E-state index in [9.17, 15) is 20.4 Å². The lowest BCUT2D eigenvalue weighted by molar-refractivity contribution is -0.331. The Balaban J connectivity index is 1.44. The number of aliphatic hydroxyl groups excluding tert-OH is 4. The quantitative estimate of drug-likeness (QED) is 0.386. The van der Waals surface area contributed by atoms with Crippen molar-refractivity contribution in [2.45, 2.75) is 80.9 Å². The molecule has 0 spiro atoms. The molecule has 164 valence electrons. The molecule has 0 aromatic carbocycles. The van der Waals surface area contributed by atoms with E-state index in [0.29, 0.717) is 38.7 Å². The number of ether oxygens (including phenoxy) is 5. The molecule has 0 aliphatic carbocycles. The van der Waals surface area contributed by atoms with Crippen molar-refractivity contribution >= 4 is 0 Å². The largest absolute Gasteiger partial charge is 0.394 e. The molecule has 28 heavy (non-hydrogen) atoms. The van der Waals surface area contributed by atoms with Gasteiger partial charge in [-0.15, -0.1) is 0 Å². The van der Waals surface area contributed by atoms with Gasteiger partial charge in [0.05, 0.1) is 58.0 Å². The van der Waals surface area contributed by atoms with E-state index in [4.69, 9.17) is 23.7 Å². The Labute approximate surface area is 165 Å². The summed E-state index contributed by atoms with van der Waals surface area (Å²) >= 11 is 0. The molecule has 0 radical (unpaired) electrons. The van der Waals surface area contributed by atoms with Crippen molar-refractivity contribution < 1.29 is 44.1 Å². The molecule has 0 saturated carbocycles. The van der Waals surface area contributed by atoms with E-state index in [1.165, 1.54) is 0 Å². The predicted molar refractivity (Wildman–Crippen MR) is 96.4 cm³/mol. The van der Waals surface area contributed by atoms with Gasteiger partial charge < -0.3 is 44.1 Å². The van der Waals surface area contributed by atoms with Gasteiger partial charge in [-0.05, 0) is 38.5 Å². The number of rotatable bonds is 10. The lowest BCUT2D eigenvalue weighted by atomic mass is 10.0. The zero-order chi connectivity index (χ0) is 20.0. The second-order valence-corrected chi connectivity index (χ2v) is 8.08. The van der Waals surface area contributed by atoms with E-state index in [1.54, 1.807) is 0 Å². The third kappa shape index (κ3) is 5.41. The van der Waals surface area contributed by atoms with Crippen molar-refractivity contribution in [1.29, 1.82) is 0 Å². The van der Waals surface area contributed by atoms with Crippen molar-refractivity contribution in [2.24, 2.45) is 0 Å². The molecule has 6 unspecified atom stereocenters. The maximum absolute atomic E-state index is 9.72. The van der Waals surface area contributed by atoms with Gasteiger partial charge in [0.25, 0.3) is 0 Å². The van der Waals surface area contributed by atoms with E-state index in [1.807, 2.05) is 0 Å². The minimum Gasteiger partial charge on any atom is -0.394 e. The summed E-state index contributed by atoms with van der Waals surface area (Å²) in [5.74, 6) is -1.11. The van der Waals surface area contributed by atoms with E-state index in [2.05, 4.69) is 0 Å². The van der Waals surface area contributed by atoms with E-state index in [0.717, 1.165) is 12.8 Å². The summed E-state index contributed by atoms with van der Waals surface area (Å²) in [4.78, 5) is 0. The number of hydrogen-bond acceptors (Lipinski definition) is 9. The average Bonchev–Trinajstić information content (AvgIpc) is 3.33. The summed E-state index contributed by atoms with van der Waals surface area (Å²) in [5, 5.41) is 37.9. The van der Waals surface area contributed by atoms with Gasteiger partial charge in [0, 0.05) is 6.42 Å². The summed E-state index contributed by atoms with van der Waals surface area (Å²) in [6.07, 6.45) is 3.70. The highest BCUT2D eigenvalue weighted by Crippen LogP contribution is 2.35. The maximum Gasteiger partial charge on any atom is 0.194 e. The lowest BCUT2D eigenvalue weighted by Gasteiger charge is -2.36. The van der Waals surface area contributed by atoms with Crippen LogP contribution in [0.2, 0.25) is 0 Å². The number of hydrogen-bond donors (Lipinski definition) is 4. The molecule has 0 aromatic rings. The molecule has 3 aliphatic rings. The van der Waals surface area contributed by atoms with E-state index >= 15 is 0 Å². The maximum atomic E-state index is 9.72. The minimum atomic E-state index is -1.11. The highest BCUT2D eigenvalue weighted by molar-refractivity contribution is 4.88. The van der Waals surface area contributed by atoms with Gasteiger partial charge in [0.15, 0.2) is 12.1 Å². The summed E-state index contributed by atoms with van der Waals surface area (Å²) in [7, 11) is 0. The molecule has 0 amide bonds. The normalized spacial score (nSPS) is 41.6. The smallest absolute Gasteiger partial charge is 0.194 e. The van der Waals surface area contributed by atoms with Gasteiger partial charge in [-0.1, -0.05) is 0 Å². The van der Waals surface area contributed by atoms with Gasteiger partial charge in [0.1, 0.15) is 5.60 Å². The van der Waals surface area contributed by atoms with E-state index in [-0.39, 0.29) is 51.3 Å². The van der Waals surface area contributed by atoms with Crippen LogP contribution in [0.3, 0.4) is 0 Å². The monoisotopic (exact) mass is 406 g/mol. The Kier molecular flexibility index (Phi) is 8.05. The predicted octanol–water partition coefficient (Wildman–Crippen LogP) is -0.323. The van der Waals surface area contributed by atoms with Crippen molar-refractivity contribution in [2.75, 3.05) is 39.6 Å². The zero-order valence-corrected chi connectivity index (χ0v) is 16.3. The van der Waals surface area contributed by atoms with Gasteiger partial charge in [0.2, 0.25) is 0 Å². The molecule has 9 nitrogen and oxygen atoms in total. The van der Waals surface area contributed by atoms with Crippen LogP contribution >= 0.6 is 0 Å². The third-order valence-electron chi connectivity index (χ3n) is 5.83. The van der Waals surface area contributed by atoms with Crippen LogP contribution in [0.15, 0.2) is 0 Å². The van der Waals surface area contributed by atoms with Gasteiger partial charge in [-0.2, -0.15) is 0 Å². The van der Waals surface area contributed by atoms with Crippen molar-refractivity contribution in [3.8, 4) is 0 Å². The molecule has 0 bridgehead atoms. The Bertz CT molecular complexity index is 478. The second kappa shape index (κ2) is 10.1. The van der Waals surface area contributed by atoms with Crippen molar-refractivity contribution in [1.82, 2.24) is 0 Å². The van der Waals surface area contributed by atoms with Crippen LogP contribution in [-0.4, -0.2) is 96.1 Å². The fraction of sp³-hybridized carbons (Fsp3) is 1.00. The molecular weight excluding hydrogens is 372 g/mol. The van der Waals surface area contributed by atoms with Crippen LogP contribution in [0.4, 0.5) is 0 Å². The molecule has 3 rings (SSSR count). The summed E-state index contributed by atoms with van der Waals surface area (Å²) < 4.78 is 29.1. The van der Waals surface area contributed by atoms with Crippen LogP contribution in [-0.2, 0) is 23.7 Å². The van der Waals surface area contributed by atoms with Crippen LogP contribution in [0, 0.1) is 0 Å². The van der Waals surface area contributed by atoms with Crippen molar-refractivity contribution in [3.63, 3.8) is 0 Å². The fourth-order valence-electron chi connectivity index (χ4n) is 4.15. The number of aliphatic hydroxyl groups is 4. The van der Waals surface area contributed by atoms with Crippen LogP contribution in [0.25, 0.3) is 0 Å². The highest BCUT2D eigenvalue weighted by atomic mass is 16.8. The molecule has 3 fully saturated rings. The Morgan fingerprint density at radius 2 is 1.57 bits per heavy atom. The summed E-state index contributed by atoms with van der Waals surface area (Å²) in [6.45, 7) is 0.00154. The topological polar surface area (TPSA) is 127 Å². The zero-order valence-electron chi connectivity index (χ0n) is 16.3. The molecule has 6 atom stereocenters. The summed E-state index contributed by atoms with van der Waals surface area (Å²) in [6, 6.07) is 0.